The van der Waals surface area contributed by atoms with Crippen molar-refractivity contribution in [3.05, 3.63) is 52.6 Å². The summed E-state index contributed by atoms with van der Waals surface area (Å²) >= 11 is 0. The highest BCUT2D eigenvalue weighted by Gasteiger charge is 2.28. The molecule has 0 spiro atoms. The molecule has 2 fully saturated rings. The van der Waals surface area contributed by atoms with Crippen molar-refractivity contribution in [3.63, 3.8) is 0 Å². The van der Waals surface area contributed by atoms with Gasteiger partial charge in [-0.15, -0.1) is 0 Å². The molecule has 0 unspecified atom stereocenters. The molecule has 1 aromatic heterocycles. The van der Waals surface area contributed by atoms with Gasteiger partial charge in [0.1, 0.15) is 11.4 Å². The van der Waals surface area contributed by atoms with E-state index in [1.165, 1.54) is 12.3 Å². The van der Waals surface area contributed by atoms with Crippen molar-refractivity contribution < 1.29 is 19.1 Å². The summed E-state index contributed by atoms with van der Waals surface area (Å²) in [5.74, 6) is -2.03. The zero-order valence-electron chi connectivity index (χ0n) is 15.2. The minimum Gasteiger partial charge on any atom is -0.477 e. The van der Waals surface area contributed by atoms with Gasteiger partial charge >= 0.3 is 5.97 Å². The molecule has 1 N–H and O–H groups in total. The third-order valence-corrected chi connectivity index (χ3v) is 5.38. The van der Waals surface area contributed by atoms with E-state index in [0.717, 1.165) is 18.9 Å². The molecule has 1 saturated carbocycles. The van der Waals surface area contributed by atoms with E-state index in [1.807, 2.05) is 4.90 Å². The highest BCUT2D eigenvalue weighted by molar-refractivity contribution is 5.93. The van der Waals surface area contributed by atoms with Crippen LogP contribution in [0.1, 0.15) is 29.2 Å². The molecule has 1 aliphatic heterocycles. The van der Waals surface area contributed by atoms with Gasteiger partial charge in [0.15, 0.2) is 0 Å². The van der Waals surface area contributed by atoms with Crippen LogP contribution in [0.4, 0.5) is 10.1 Å². The fourth-order valence-corrected chi connectivity index (χ4v) is 3.70. The first-order valence-electron chi connectivity index (χ1n) is 9.18. The molecule has 2 aliphatic rings. The van der Waals surface area contributed by atoms with Gasteiger partial charge in [0.05, 0.1) is 11.2 Å². The van der Waals surface area contributed by atoms with Crippen LogP contribution in [-0.2, 0) is 4.79 Å². The highest BCUT2D eigenvalue weighted by Crippen LogP contribution is 2.38. The Morgan fingerprint density at radius 3 is 2.43 bits per heavy atom. The third-order valence-electron chi connectivity index (χ3n) is 5.38. The molecule has 0 atom stereocenters. The zero-order valence-corrected chi connectivity index (χ0v) is 15.2. The lowest BCUT2D eigenvalue weighted by Crippen LogP contribution is -2.48. The molecule has 146 valence electrons. The Kier molecular flexibility index (Phi) is 4.41. The van der Waals surface area contributed by atoms with E-state index in [9.17, 15) is 23.9 Å². The number of fused-ring (bicyclic) bond motifs is 1. The van der Waals surface area contributed by atoms with Gasteiger partial charge in [-0.3, -0.25) is 9.59 Å². The first kappa shape index (κ1) is 18.2. The van der Waals surface area contributed by atoms with Crippen LogP contribution in [0.5, 0.6) is 0 Å². The number of benzene rings is 1. The van der Waals surface area contributed by atoms with Crippen LogP contribution in [0.25, 0.3) is 10.9 Å². The van der Waals surface area contributed by atoms with Crippen molar-refractivity contribution in [1.29, 1.82) is 0 Å². The van der Waals surface area contributed by atoms with Crippen LogP contribution in [-0.4, -0.2) is 52.6 Å². The quantitative estimate of drug-likeness (QED) is 0.814. The summed E-state index contributed by atoms with van der Waals surface area (Å²) in [5, 5.41) is 9.39. The van der Waals surface area contributed by atoms with Crippen LogP contribution in [0.2, 0.25) is 0 Å². The van der Waals surface area contributed by atoms with Crippen molar-refractivity contribution in [2.24, 2.45) is 0 Å². The lowest BCUT2D eigenvalue weighted by atomic mass is 10.1. The highest BCUT2D eigenvalue weighted by atomic mass is 19.1. The molecule has 1 aliphatic carbocycles. The zero-order chi connectivity index (χ0) is 20.0. The summed E-state index contributed by atoms with van der Waals surface area (Å²) in [6, 6.07) is 2.89. The molecule has 4 rings (SSSR count). The summed E-state index contributed by atoms with van der Waals surface area (Å²) in [6.45, 7) is 5.31. The first-order valence-corrected chi connectivity index (χ1v) is 9.18. The SMILES string of the molecule is C=CC(=O)N1CCN(c2cc3c(cc2F)c(=O)c(C(=O)O)cn3C2CC2)CC1. The molecule has 7 nitrogen and oxygen atoms in total. The van der Waals surface area contributed by atoms with Crippen LogP contribution < -0.4 is 10.3 Å². The van der Waals surface area contributed by atoms with Crippen molar-refractivity contribution in [1.82, 2.24) is 9.47 Å². The third kappa shape index (κ3) is 3.04. The summed E-state index contributed by atoms with van der Waals surface area (Å²) < 4.78 is 16.6. The minimum absolute atomic E-state index is 0.0773. The average molecular weight is 385 g/mol. The molecule has 2 aromatic rings. The number of amides is 1. The summed E-state index contributed by atoms with van der Waals surface area (Å²) in [6.07, 6.45) is 4.42. The number of anilines is 1. The molecule has 0 bridgehead atoms. The minimum atomic E-state index is -1.31. The summed E-state index contributed by atoms with van der Waals surface area (Å²) in [5.41, 5.74) is -0.122. The lowest BCUT2D eigenvalue weighted by molar-refractivity contribution is -0.126. The number of carbonyl (C=O) groups is 2. The van der Waals surface area contributed by atoms with Crippen LogP contribution in [0.3, 0.4) is 0 Å². The van der Waals surface area contributed by atoms with Gasteiger partial charge in [-0.2, -0.15) is 0 Å². The van der Waals surface area contributed by atoms with Gasteiger partial charge in [-0.1, -0.05) is 6.58 Å². The number of pyridine rings is 1. The predicted octanol–water partition coefficient (Wildman–Crippen LogP) is 2.01. The maximum atomic E-state index is 14.9. The van der Waals surface area contributed by atoms with Crippen LogP contribution in [0, 0.1) is 5.82 Å². The second kappa shape index (κ2) is 6.78. The Bertz CT molecular complexity index is 1050. The number of rotatable bonds is 4. The fraction of sp³-hybridized carbons (Fsp3) is 0.350. The Morgan fingerprint density at radius 1 is 1.18 bits per heavy atom. The number of halogens is 1. The predicted molar refractivity (Wildman–Crippen MR) is 102 cm³/mol. The van der Waals surface area contributed by atoms with E-state index in [4.69, 9.17) is 0 Å². The maximum Gasteiger partial charge on any atom is 0.341 e. The molecule has 28 heavy (non-hydrogen) atoms. The Labute approximate surface area is 160 Å². The number of hydrogen-bond acceptors (Lipinski definition) is 4. The number of hydrogen-bond donors (Lipinski definition) is 1. The van der Waals surface area contributed by atoms with Crippen molar-refractivity contribution in [2.75, 3.05) is 31.1 Å². The van der Waals surface area contributed by atoms with Gasteiger partial charge in [-0.25, -0.2) is 9.18 Å². The molecule has 1 amide bonds. The molecule has 8 heteroatoms. The van der Waals surface area contributed by atoms with Gasteiger partial charge in [0, 0.05) is 43.8 Å². The van der Waals surface area contributed by atoms with Crippen molar-refractivity contribution in [3.8, 4) is 0 Å². The number of nitrogens with zero attached hydrogens (tertiary/aromatic N) is 3. The van der Waals surface area contributed by atoms with E-state index >= 15 is 0 Å². The van der Waals surface area contributed by atoms with Crippen LogP contribution >= 0.6 is 0 Å². The number of carboxylic acids is 1. The number of aromatic nitrogens is 1. The smallest absolute Gasteiger partial charge is 0.341 e. The van der Waals surface area contributed by atoms with E-state index in [1.54, 1.807) is 15.5 Å². The Morgan fingerprint density at radius 2 is 1.86 bits per heavy atom. The molecule has 1 saturated heterocycles. The van der Waals surface area contributed by atoms with Crippen LogP contribution in [0.15, 0.2) is 35.8 Å². The Balaban J connectivity index is 1.76. The van der Waals surface area contributed by atoms with Gasteiger partial charge in [0.25, 0.3) is 0 Å². The van der Waals surface area contributed by atoms with Gasteiger partial charge < -0.3 is 19.5 Å². The second-order valence-corrected chi connectivity index (χ2v) is 7.15. The van der Waals surface area contributed by atoms with Crippen molar-refractivity contribution in [2.45, 2.75) is 18.9 Å². The fourth-order valence-electron chi connectivity index (χ4n) is 3.70. The average Bonchev–Trinajstić information content (AvgIpc) is 3.52. The number of carboxylic acid groups (broad SMARTS) is 1. The molecular weight excluding hydrogens is 365 g/mol. The molecule has 0 radical (unpaired) electrons. The Hall–Kier alpha value is -3.16. The maximum absolute atomic E-state index is 14.9. The van der Waals surface area contributed by atoms with E-state index in [2.05, 4.69) is 6.58 Å². The molecular formula is C20H20FN3O4. The monoisotopic (exact) mass is 385 g/mol. The largest absolute Gasteiger partial charge is 0.477 e. The van der Waals surface area contributed by atoms with Gasteiger partial charge in [-0.05, 0) is 31.1 Å². The standard InChI is InChI=1S/C20H20FN3O4/c1-2-18(25)23-7-5-22(6-8-23)17-10-16-13(9-15(17)21)19(26)14(20(27)28)11-24(16)12-3-4-12/h2,9-12H,1,3-8H2,(H,27,28). The summed E-state index contributed by atoms with van der Waals surface area (Å²) in [4.78, 5) is 39.2. The second-order valence-electron chi connectivity index (χ2n) is 7.15. The van der Waals surface area contributed by atoms with Crippen molar-refractivity contribution >= 4 is 28.5 Å². The topological polar surface area (TPSA) is 82.8 Å². The number of aromatic carboxylic acids is 1. The normalized spacial score (nSPS) is 17.0. The molecule has 2 heterocycles. The number of piperazine rings is 1. The number of carbonyl (C=O) groups excluding carboxylic acids is 1. The van der Waals surface area contributed by atoms with E-state index < -0.39 is 17.2 Å². The summed E-state index contributed by atoms with van der Waals surface area (Å²) in [7, 11) is 0. The lowest BCUT2D eigenvalue weighted by Gasteiger charge is -2.36. The molecule has 1 aromatic carbocycles. The van der Waals surface area contributed by atoms with Gasteiger partial charge in [0.2, 0.25) is 11.3 Å². The first-order chi connectivity index (χ1) is 13.4. The van der Waals surface area contributed by atoms with E-state index in [-0.39, 0.29) is 22.9 Å². The van der Waals surface area contributed by atoms with E-state index in [0.29, 0.717) is 37.4 Å².